The molecule has 0 unspecified atom stereocenters. The van der Waals surface area contributed by atoms with E-state index in [0.29, 0.717) is 18.5 Å². The van der Waals surface area contributed by atoms with E-state index in [0.717, 1.165) is 54.7 Å². The molecule has 1 aliphatic heterocycles. The smallest absolute Gasteiger partial charge is 0.226 e. The summed E-state index contributed by atoms with van der Waals surface area (Å²) in [4.78, 5) is 16.0. The number of hydrogen-bond donors (Lipinski definition) is 2. The van der Waals surface area contributed by atoms with Crippen molar-refractivity contribution in [3.05, 3.63) is 65.7 Å². The minimum Gasteiger partial charge on any atom is -0.444 e. The van der Waals surface area contributed by atoms with Crippen LogP contribution in [0.1, 0.15) is 29.8 Å². The van der Waals surface area contributed by atoms with Crippen LogP contribution in [0.4, 0.5) is 5.82 Å². The molecule has 2 aromatic heterocycles. The Labute approximate surface area is 206 Å². The Morgan fingerprint density at radius 3 is 2.53 bits per heavy atom. The molecule has 0 saturated carbocycles. The number of piperidine rings is 1. The van der Waals surface area contributed by atoms with E-state index in [1.54, 1.807) is 13.3 Å². The van der Waals surface area contributed by atoms with Crippen molar-refractivity contribution >= 4 is 35.8 Å². The summed E-state index contributed by atoms with van der Waals surface area (Å²) in [7, 11) is 1.79. The van der Waals surface area contributed by atoms with Gasteiger partial charge in [-0.1, -0.05) is 23.8 Å². The highest BCUT2D eigenvalue weighted by Gasteiger charge is 2.21. The molecule has 170 valence electrons. The number of aromatic nitrogens is 2. The molecule has 2 N–H and O–H groups in total. The second kappa shape index (κ2) is 11.3. The highest BCUT2D eigenvalue weighted by molar-refractivity contribution is 14.0. The predicted octanol–water partition coefficient (Wildman–Crippen LogP) is 4.31. The molecule has 0 amide bonds. The fourth-order valence-corrected chi connectivity index (χ4v) is 3.74. The standard InChI is InChI=1S/C24H30N6O.HI/c1-17-7-9-19(10-8-17)23-28-21(16-31-23)15-26-24(25-3)29-20-11-13-30(14-12-20)22-6-4-5-18(2)27-22;/h4-10,16,20H,11-15H2,1-3H3,(H2,25,26,29);1H. The summed E-state index contributed by atoms with van der Waals surface area (Å²) < 4.78 is 5.65. The Bertz CT molecular complexity index is 1020. The van der Waals surface area contributed by atoms with Crippen LogP contribution in [0, 0.1) is 13.8 Å². The van der Waals surface area contributed by atoms with Crippen LogP contribution in [0.5, 0.6) is 0 Å². The Morgan fingerprint density at radius 2 is 1.84 bits per heavy atom. The maximum atomic E-state index is 5.65. The normalized spacial score (nSPS) is 14.7. The van der Waals surface area contributed by atoms with Crippen molar-refractivity contribution in [2.75, 3.05) is 25.0 Å². The largest absolute Gasteiger partial charge is 0.444 e. The van der Waals surface area contributed by atoms with Crippen LogP contribution in [-0.2, 0) is 6.54 Å². The van der Waals surface area contributed by atoms with Gasteiger partial charge < -0.3 is 20.0 Å². The van der Waals surface area contributed by atoms with Crippen molar-refractivity contribution < 1.29 is 4.42 Å². The quantitative estimate of drug-likeness (QED) is 0.282. The van der Waals surface area contributed by atoms with Crippen molar-refractivity contribution in [2.24, 2.45) is 4.99 Å². The zero-order valence-corrected chi connectivity index (χ0v) is 21.2. The van der Waals surface area contributed by atoms with Crippen LogP contribution in [0.15, 0.2) is 58.1 Å². The van der Waals surface area contributed by atoms with Gasteiger partial charge >= 0.3 is 0 Å². The van der Waals surface area contributed by atoms with Crippen LogP contribution in [-0.4, -0.2) is 42.1 Å². The number of oxazole rings is 1. The minimum atomic E-state index is 0. The summed E-state index contributed by atoms with van der Waals surface area (Å²) in [6.45, 7) is 6.62. The predicted molar refractivity (Wildman–Crippen MR) is 140 cm³/mol. The van der Waals surface area contributed by atoms with Crippen molar-refractivity contribution in [3.63, 3.8) is 0 Å². The third kappa shape index (κ3) is 6.21. The van der Waals surface area contributed by atoms with Gasteiger partial charge in [0, 0.05) is 37.4 Å². The number of nitrogens with one attached hydrogen (secondary N) is 2. The number of halogens is 1. The van der Waals surface area contributed by atoms with Gasteiger partial charge in [-0.15, -0.1) is 24.0 Å². The molecular weight excluding hydrogens is 515 g/mol. The maximum Gasteiger partial charge on any atom is 0.226 e. The van der Waals surface area contributed by atoms with Crippen molar-refractivity contribution in [1.29, 1.82) is 0 Å². The van der Waals surface area contributed by atoms with Crippen LogP contribution in [0.2, 0.25) is 0 Å². The second-order valence-corrected chi connectivity index (χ2v) is 7.98. The van der Waals surface area contributed by atoms with E-state index in [-0.39, 0.29) is 24.0 Å². The van der Waals surface area contributed by atoms with Gasteiger partial charge in [0.25, 0.3) is 0 Å². The molecule has 1 fully saturated rings. The van der Waals surface area contributed by atoms with Gasteiger partial charge in [0.2, 0.25) is 5.89 Å². The number of hydrogen-bond acceptors (Lipinski definition) is 5. The van der Waals surface area contributed by atoms with Gasteiger partial charge in [-0.25, -0.2) is 9.97 Å². The van der Waals surface area contributed by atoms with E-state index >= 15 is 0 Å². The summed E-state index contributed by atoms with van der Waals surface area (Å²) in [5, 5.41) is 6.89. The SMILES string of the molecule is CN=C(NCc1coc(-c2ccc(C)cc2)n1)NC1CCN(c2cccc(C)n2)CC1.I. The maximum absolute atomic E-state index is 5.65. The van der Waals surface area contributed by atoms with Crippen LogP contribution in [0.25, 0.3) is 11.5 Å². The first-order valence-corrected chi connectivity index (χ1v) is 10.8. The molecule has 32 heavy (non-hydrogen) atoms. The van der Waals surface area contributed by atoms with E-state index in [9.17, 15) is 0 Å². The third-order valence-corrected chi connectivity index (χ3v) is 5.54. The number of rotatable bonds is 5. The molecule has 3 aromatic rings. The number of anilines is 1. The minimum absolute atomic E-state index is 0. The number of guanidine groups is 1. The first-order valence-electron chi connectivity index (χ1n) is 10.8. The van der Waals surface area contributed by atoms with Gasteiger partial charge in [0.1, 0.15) is 12.1 Å². The Morgan fingerprint density at radius 1 is 1.09 bits per heavy atom. The lowest BCUT2D eigenvalue weighted by molar-refractivity contribution is 0.459. The topological polar surface area (TPSA) is 78.6 Å². The second-order valence-electron chi connectivity index (χ2n) is 7.98. The molecule has 8 heteroatoms. The molecular formula is C24H31IN6O. The Balaban J connectivity index is 0.00000289. The number of pyridine rings is 1. The van der Waals surface area contributed by atoms with Crippen molar-refractivity contribution in [3.8, 4) is 11.5 Å². The zero-order chi connectivity index (χ0) is 21.6. The van der Waals surface area contributed by atoms with Crippen molar-refractivity contribution in [2.45, 2.75) is 39.3 Å². The average Bonchev–Trinajstić information content (AvgIpc) is 3.26. The van der Waals surface area contributed by atoms with E-state index < -0.39 is 0 Å². The molecule has 1 saturated heterocycles. The van der Waals surface area contributed by atoms with E-state index in [2.05, 4.69) is 61.7 Å². The number of nitrogens with zero attached hydrogens (tertiary/aromatic N) is 4. The van der Waals surface area contributed by atoms with Gasteiger partial charge in [-0.3, -0.25) is 4.99 Å². The summed E-state index contributed by atoms with van der Waals surface area (Å²) >= 11 is 0. The molecule has 0 atom stereocenters. The van der Waals surface area contributed by atoms with Gasteiger partial charge in [0.15, 0.2) is 5.96 Å². The first kappa shape index (κ1) is 24.0. The molecule has 4 rings (SSSR count). The Kier molecular flexibility index (Phi) is 8.49. The molecule has 0 spiro atoms. The lowest BCUT2D eigenvalue weighted by Gasteiger charge is -2.33. The van der Waals surface area contributed by atoms with Gasteiger partial charge in [-0.2, -0.15) is 0 Å². The van der Waals surface area contributed by atoms with E-state index in [1.165, 1.54) is 5.56 Å². The molecule has 0 radical (unpaired) electrons. The van der Waals surface area contributed by atoms with Crippen LogP contribution in [0.3, 0.4) is 0 Å². The molecule has 0 aliphatic carbocycles. The number of benzene rings is 1. The molecule has 1 aliphatic rings. The van der Waals surface area contributed by atoms with E-state index in [1.807, 2.05) is 25.1 Å². The Hall–Kier alpha value is -2.62. The molecule has 7 nitrogen and oxygen atoms in total. The summed E-state index contributed by atoms with van der Waals surface area (Å²) in [5.41, 5.74) is 4.10. The molecule has 3 heterocycles. The highest BCUT2D eigenvalue weighted by atomic mass is 127. The zero-order valence-electron chi connectivity index (χ0n) is 18.8. The van der Waals surface area contributed by atoms with E-state index in [4.69, 9.17) is 4.42 Å². The lowest BCUT2D eigenvalue weighted by Crippen LogP contribution is -2.48. The number of aliphatic imine (C=N–C) groups is 1. The van der Waals surface area contributed by atoms with Crippen LogP contribution >= 0.6 is 24.0 Å². The summed E-state index contributed by atoms with van der Waals surface area (Å²) in [5.74, 6) is 2.49. The van der Waals surface area contributed by atoms with Gasteiger partial charge in [-0.05, 0) is 51.0 Å². The fraction of sp³-hybridized carbons (Fsp3) is 0.375. The van der Waals surface area contributed by atoms with Crippen molar-refractivity contribution in [1.82, 2.24) is 20.6 Å². The molecule has 1 aromatic carbocycles. The third-order valence-electron chi connectivity index (χ3n) is 5.54. The lowest BCUT2D eigenvalue weighted by atomic mass is 10.1. The summed E-state index contributed by atoms with van der Waals surface area (Å²) in [6.07, 6.45) is 3.78. The first-order chi connectivity index (χ1) is 15.1. The number of aryl methyl sites for hydroxylation is 2. The average molecular weight is 546 g/mol. The summed E-state index contributed by atoms with van der Waals surface area (Å²) in [6, 6.07) is 14.7. The monoisotopic (exact) mass is 546 g/mol. The molecule has 0 bridgehead atoms. The van der Waals surface area contributed by atoms with Gasteiger partial charge in [0.05, 0.1) is 12.2 Å². The highest BCUT2D eigenvalue weighted by Crippen LogP contribution is 2.20. The van der Waals surface area contributed by atoms with Crippen LogP contribution < -0.4 is 15.5 Å². The fourth-order valence-electron chi connectivity index (χ4n) is 3.74.